The van der Waals surface area contributed by atoms with E-state index >= 15 is 0 Å². The summed E-state index contributed by atoms with van der Waals surface area (Å²) in [5, 5.41) is 25.2. The summed E-state index contributed by atoms with van der Waals surface area (Å²) >= 11 is 0. The van der Waals surface area contributed by atoms with Crippen LogP contribution < -0.4 is 10.4 Å². The fraction of sp³-hybridized carbons (Fsp3) is 0.545. The van der Waals surface area contributed by atoms with Crippen molar-refractivity contribution in [2.45, 2.75) is 65.6 Å². The standard InChI is InChI=1S/C22H26F4N2O2/c1-12-16(11-27)18(15-7-6-14(23)10-17(15)22(24,25)26)21(19(29)30,13(2)28-12)9-8-20(3,4)5/h6-7,10,13,18,28H,8-9H2,1-5H3,(H,29,30)/p-1. The van der Waals surface area contributed by atoms with Gasteiger partial charge in [-0.05, 0) is 49.8 Å². The zero-order valence-electron chi connectivity index (χ0n) is 17.6. The maximum Gasteiger partial charge on any atom is 0.416 e. The van der Waals surface area contributed by atoms with Crippen LogP contribution in [0.2, 0.25) is 0 Å². The molecule has 0 radical (unpaired) electrons. The number of rotatable bonds is 4. The van der Waals surface area contributed by atoms with Crippen molar-refractivity contribution in [3.8, 4) is 6.07 Å². The number of benzene rings is 1. The molecule has 1 aliphatic rings. The number of hydrogen-bond donors (Lipinski definition) is 1. The molecule has 2 rings (SSSR count). The first-order chi connectivity index (χ1) is 13.6. The lowest BCUT2D eigenvalue weighted by Gasteiger charge is -2.51. The first-order valence-electron chi connectivity index (χ1n) is 9.60. The molecule has 1 aliphatic heterocycles. The van der Waals surface area contributed by atoms with Crippen LogP contribution in [0, 0.1) is 28.0 Å². The number of halogens is 4. The van der Waals surface area contributed by atoms with Crippen LogP contribution in [0.4, 0.5) is 17.6 Å². The van der Waals surface area contributed by atoms with E-state index in [0.717, 1.165) is 12.1 Å². The van der Waals surface area contributed by atoms with Gasteiger partial charge in [0.15, 0.2) is 0 Å². The fourth-order valence-corrected chi connectivity index (χ4v) is 4.20. The number of nitriles is 1. The Labute approximate surface area is 173 Å². The SMILES string of the molecule is CC1=C(C#N)C(c2ccc(F)cc2C(F)(F)F)C(CCC(C)(C)C)(C(=O)[O-])C(C)N1. The lowest BCUT2D eigenvalue weighted by Crippen LogP contribution is -2.60. The Morgan fingerprint density at radius 2 is 1.90 bits per heavy atom. The van der Waals surface area contributed by atoms with Gasteiger partial charge in [-0.25, -0.2) is 4.39 Å². The van der Waals surface area contributed by atoms with Crippen molar-refractivity contribution in [2.75, 3.05) is 0 Å². The van der Waals surface area contributed by atoms with E-state index < -0.39 is 46.5 Å². The van der Waals surface area contributed by atoms with Crippen molar-refractivity contribution < 1.29 is 27.5 Å². The third-order valence-electron chi connectivity index (χ3n) is 5.83. The summed E-state index contributed by atoms with van der Waals surface area (Å²) in [5.41, 5.74) is -3.71. The Kier molecular flexibility index (Phi) is 6.27. The van der Waals surface area contributed by atoms with Gasteiger partial charge in [0.25, 0.3) is 0 Å². The molecule has 8 heteroatoms. The maximum atomic E-state index is 13.8. The molecule has 0 aliphatic carbocycles. The zero-order valence-corrected chi connectivity index (χ0v) is 17.6. The minimum atomic E-state index is -4.93. The third-order valence-corrected chi connectivity index (χ3v) is 5.83. The van der Waals surface area contributed by atoms with Gasteiger partial charge in [-0.15, -0.1) is 0 Å². The van der Waals surface area contributed by atoms with Crippen molar-refractivity contribution in [3.63, 3.8) is 0 Å². The topological polar surface area (TPSA) is 76.0 Å². The molecule has 0 saturated carbocycles. The highest BCUT2D eigenvalue weighted by Crippen LogP contribution is 2.53. The molecular weight excluding hydrogens is 400 g/mol. The van der Waals surface area contributed by atoms with Gasteiger partial charge in [-0.2, -0.15) is 18.4 Å². The normalized spacial score (nSPS) is 24.9. The molecule has 0 bridgehead atoms. The highest BCUT2D eigenvalue weighted by Gasteiger charge is 2.53. The number of nitrogens with one attached hydrogen (secondary N) is 1. The second kappa shape index (κ2) is 7.93. The molecule has 1 heterocycles. The van der Waals surface area contributed by atoms with Gasteiger partial charge in [0.2, 0.25) is 0 Å². The Bertz CT molecular complexity index is 909. The van der Waals surface area contributed by atoms with Crippen LogP contribution >= 0.6 is 0 Å². The van der Waals surface area contributed by atoms with Gasteiger partial charge in [-0.1, -0.05) is 26.8 Å². The van der Waals surface area contributed by atoms with E-state index in [1.165, 1.54) is 6.92 Å². The number of nitrogens with zero attached hydrogens (tertiary/aromatic N) is 1. The van der Waals surface area contributed by atoms with E-state index in [9.17, 15) is 32.7 Å². The highest BCUT2D eigenvalue weighted by atomic mass is 19.4. The maximum absolute atomic E-state index is 13.8. The lowest BCUT2D eigenvalue weighted by molar-refractivity contribution is -0.322. The Morgan fingerprint density at radius 3 is 2.37 bits per heavy atom. The van der Waals surface area contributed by atoms with E-state index in [0.29, 0.717) is 18.2 Å². The van der Waals surface area contributed by atoms with Crippen LogP contribution in [0.3, 0.4) is 0 Å². The number of hydrogen-bond acceptors (Lipinski definition) is 4. The van der Waals surface area contributed by atoms with Gasteiger partial charge >= 0.3 is 6.18 Å². The van der Waals surface area contributed by atoms with E-state index in [2.05, 4.69) is 5.32 Å². The monoisotopic (exact) mass is 425 g/mol. The van der Waals surface area contributed by atoms with Crippen molar-refractivity contribution >= 4 is 5.97 Å². The van der Waals surface area contributed by atoms with Gasteiger partial charge in [0.1, 0.15) is 5.82 Å². The number of allylic oxidation sites excluding steroid dienone is 2. The third kappa shape index (κ3) is 4.30. The molecule has 1 aromatic carbocycles. The largest absolute Gasteiger partial charge is 0.549 e. The van der Waals surface area contributed by atoms with E-state index in [-0.39, 0.29) is 17.4 Å². The highest BCUT2D eigenvalue weighted by molar-refractivity contribution is 5.78. The molecule has 1 N–H and O–H groups in total. The van der Waals surface area contributed by atoms with E-state index in [1.54, 1.807) is 6.92 Å². The summed E-state index contributed by atoms with van der Waals surface area (Å²) in [5.74, 6) is -4.08. The minimum Gasteiger partial charge on any atom is -0.549 e. The van der Waals surface area contributed by atoms with Crippen LogP contribution in [0.15, 0.2) is 29.5 Å². The van der Waals surface area contributed by atoms with Crippen molar-refractivity contribution in [1.29, 1.82) is 5.26 Å². The summed E-state index contributed by atoms with van der Waals surface area (Å²) < 4.78 is 55.1. The second-order valence-corrected chi connectivity index (χ2v) is 9.07. The predicted octanol–water partition coefficient (Wildman–Crippen LogP) is 4.28. The molecule has 0 aromatic heterocycles. The number of alkyl halides is 3. The first kappa shape index (κ1) is 23.7. The molecule has 0 saturated heterocycles. The molecule has 3 unspecified atom stereocenters. The summed E-state index contributed by atoms with van der Waals surface area (Å²) in [4.78, 5) is 12.5. The summed E-state index contributed by atoms with van der Waals surface area (Å²) in [6.45, 7) is 8.73. The molecule has 4 nitrogen and oxygen atoms in total. The number of carboxylic acids is 1. The summed E-state index contributed by atoms with van der Waals surface area (Å²) in [6.07, 6.45) is -4.59. The van der Waals surface area contributed by atoms with Gasteiger partial charge in [0.05, 0.1) is 23.2 Å². The second-order valence-electron chi connectivity index (χ2n) is 9.07. The molecule has 30 heavy (non-hydrogen) atoms. The van der Waals surface area contributed by atoms with Crippen LogP contribution in [0.5, 0.6) is 0 Å². The van der Waals surface area contributed by atoms with Crippen molar-refractivity contribution in [3.05, 3.63) is 46.4 Å². The van der Waals surface area contributed by atoms with Gasteiger partial charge in [-0.3, -0.25) is 0 Å². The summed E-state index contributed by atoms with van der Waals surface area (Å²) in [6, 6.07) is 3.19. The summed E-state index contributed by atoms with van der Waals surface area (Å²) in [7, 11) is 0. The Morgan fingerprint density at radius 1 is 1.30 bits per heavy atom. The van der Waals surface area contributed by atoms with Crippen LogP contribution in [0.1, 0.15) is 64.5 Å². The van der Waals surface area contributed by atoms with E-state index in [4.69, 9.17) is 0 Å². The number of carbonyl (C=O) groups is 1. The average Bonchev–Trinajstić information content (AvgIpc) is 2.59. The van der Waals surface area contributed by atoms with Gasteiger partial charge in [0, 0.05) is 23.1 Å². The minimum absolute atomic E-state index is 0.0230. The molecule has 0 amide bonds. The van der Waals surface area contributed by atoms with Crippen LogP contribution in [0.25, 0.3) is 0 Å². The zero-order chi connectivity index (χ0) is 23.1. The van der Waals surface area contributed by atoms with Crippen LogP contribution in [-0.4, -0.2) is 12.0 Å². The molecule has 0 spiro atoms. The number of carboxylic acid groups (broad SMARTS) is 1. The Hall–Kier alpha value is -2.56. The molecule has 164 valence electrons. The smallest absolute Gasteiger partial charge is 0.416 e. The lowest BCUT2D eigenvalue weighted by atomic mass is 9.59. The fourth-order valence-electron chi connectivity index (χ4n) is 4.20. The van der Waals surface area contributed by atoms with E-state index in [1.807, 2.05) is 26.8 Å². The molecule has 0 fully saturated rings. The van der Waals surface area contributed by atoms with Crippen LogP contribution in [-0.2, 0) is 11.0 Å². The Balaban J connectivity index is 2.89. The molecular formula is C22H25F4N2O2-. The average molecular weight is 425 g/mol. The van der Waals surface area contributed by atoms with Crippen molar-refractivity contribution in [1.82, 2.24) is 5.32 Å². The molecule has 3 atom stereocenters. The predicted molar refractivity (Wildman–Crippen MR) is 101 cm³/mol. The van der Waals surface area contributed by atoms with Crippen molar-refractivity contribution in [2.24, 2.45) is 10.8 Å². The van der Waals surface area contributed by atoms with Gasteiger partial charge < -0.3 is 15.2 Å². The quantitative estimate of drug-likeness (QED) is 0.731. The first-order valence-corrected chi connectivity index (χ1v) is 9.60. The molecule has 1 aromatic rings. The number of aliphatic carboxylic acids is 1. The number of carbonyl (C=O) groups excluding carboxylic acids is 1.